The van der Waals surface area contributed by atoms with E-state index in [1.54, 1.807) is 12.1 Å². The Morgan fingerprint density at radius 3 is 2.32 bits per heavy atom. The number of carbonyl (C=O) groups is 1. The van der Waals surface area contributed by atoms with Gasteiger partial charge in [-0.25, -0.2) is 9.78 Å². The van der Waals surface area contributed by atoms with Crippen LogP contribution in [0.3, 0.4) is 0 Å². The van der Waals surface area contributed by atoms with Crippen molar-refractivity contribution in [2.75, 3.05) is 11.9 Å². The van der Waals surface area contributed by atoms with Gasteiger partial charge in [0.1, 0.15) is 5.69 Å². The molecule has 4 heteroatoms. The molecule has 0 spiro atoms. The summed E-state index contributed by atoms with van der Waals surface area (Å²) in [5.41, 5.74) is 4.23. The summed E-state index contributed by atoms with van der Waals surface area (Å²) < 4.78 is 0. The highest BCUT2D eigenvalue weighted by molar-refractivity contribution is 5.86. The zero-order valence-corrected chi connectivity index (χ0v) is 11.2. The molecule has 0 radical (unpaired) electrons. The highest BCUT2D eigenvalue weighted by atomic mass is 16.4. The summed E-state index contributed by atoms with van der Waals surface area (Å²) in [6.45, 7) is 4.08. The first kappa shape index (κ1) is 13.1. The Morgan fingerprint density at radius 1 is 1.11 bits per heavy atom. The second-order valence-electron chi connectivity index (χ2n) is 4.61. The molecule has 4 nitrogen and oxygen atoms in total. The van der Waals surface area contributed by atoms with Gasteiger partial charge < -0.3 is 10.0 Å². The molecule has 0 amide bonds. The van der Waals surface area contributed by atoms with Gasteiger partial charge in [-0.3, -0.25) is 0 Å². The van der Waals surface area contributed by atoms with E-state index in [0.29, 0.717) is 0 Å². The monoisotopic (exact) mass is 256 g/mol. The van der Waals surface area contributed by atoms with Crippen LogP contribution in [0.15, 0.2) is 36.5 Å². The molecule has 0 aliphatic rings. The lowest BCUT2D eigenvalue weighted by atomic mass is 10.1. The van der Waals surface area contributed by atoms with Crippen LogP contribution in [0.4, 0.5) is 11.4 Å². The first-order valence-corrected chi connectivity index (χ1v) is 5.99. The van der Waals surface area contributed by atoms with Crippen LogP contribution in [-0.2, 0) is 0 Å². The molecule has 0 saturated heterocycles. The zero-order chi connectivity index (χ0) is 14.0. The van der Waals surface area contributed by atoms with Crippen molar-refractivity contribution in [1.29, 1.82) is 0 Å². The third-order valence-corrected chi connectivity index (χ3v) is 2.94. The van der Waals surface area contributed by atoms with Crippen molar-refractivity contribution < 1.29 is 9.90 Å². The summed E-state index contributed by atoms with van der Waals surface area (Å²) in [5, 5.41) is 8.97. The van der Waals surface area contributed by atoms with Crippen LogP contribution in [0, 0.1) is 13.8 Å². The maximum absolute atomic E-state index is 10.9. The first-order chi connectivity index (χ1) is 8.97. The van der Waals surface area contributed by atoms with Gasteiger partial charge in [-0.05, 0) is 49.2 Å². The maximum Gasteiger partial charge on any atom is 0.354 e. The molecule has 2 aromatic rings. The van der Waals surface area contributed by atoms with E-state index in [0.717, 1.165) is 11.4 Å². The van der Waals surface area contributed by atoms with Crippen molar-refractivity contribution in [2.45, 2.75) is 13.8 Å². The normalized spacial score (nSPS) is 10.3. The minimum absolute atomic E-state index is 0.0497. The lowest BCUT2D eigenvalue weighted by Crippen LogP contribution is -2.11. The summed E-state index contributed by atoms with van der Waals surface area (Å²) in [7, 11) is 1.91. The summed E-state index contributed by atoms with van der Waals surface area (Å²) >= 11 is 0. The van der Waals surface area contributed by atoms with Crippen LogP contribution in [0.1, 0.15) is 21.6 Å². The minimum Gasteiger partial charge on any atom is -0.477 e. The fourth-order valence-electron chi connectivity index (χ4n) is 2.04. The number of carboxylic acids is 1. The number of aromatic nitrogens is 1. The fraction of sp³-hybridized carbons (Fsp3) is 0.200. The Bertz CT molecular complexity index is 603. The third kappa shape index (κ3) is 2.91. The molecule has 0 bridgehead atoms. The van der Waals surface area contributed by atoms with E-state index in [1.165, 1.54) is 17.3 Å². The SMILES string of the molecule is Cc1cc(C)cc(N(C)c2ccnc(C(=O)O)c2)c1. The quantitative estimate of drug-likeness (QED) is 0.916. The molecular formula is C15H16N2O2. The molecule has 0 unspecified atom stereocenters. The predicted octanol–water partition coefficient (Wildman–Crippen LogP) is 3.16. The molecule has 1 aromatic carbocycles. The molecule has 1 aromatic heterocycles. The molecular weight excluding hydrogens is 240 g/mol. The second-order valence-corrected chi connectivity index (χ2v) is 4.61. The molecule has 19 heavy (non-hydrogen) atoms. The lowest BCUT2D eigenvalue weighted by Gasteiger charge is -2.20. The smallest absolute Gasteiger partial charge is 0.354 e. The van der Waals surface area contributed by atoms with Crippen molar-refractivity contribution >= 4 is 17.3 Å². The number of hydrogen-bond acceptors (Lipinski definition) is 3. The van der Waals surface area contributed by atoms with Gasteiger partial charge in [0, 0.05) is 24.6 Å². The number of rotatable bonds is 3. The van der Waals surface area contributed by atoms with Crippen molar-refractivity contribution in [2.24, 2.45) is 0 Å². The number of pyridine rings is 1. The largest absolute Gasteiger partial charge is 0.477 e. The Balaban J connectivity index is 2.40. The highest BCUT2D eigenvalue weighted by Gasteiger charge is 2.09. The zero-order valence-electron chi connectivity index (χ0n) is 11.2. The summed E-state index contributed by atoms with van der Waals surface area (Å²) in [6, 6.07) is 9.60. The molecule has 0 aliphatic carbocycles. The Hall–Kier alpha value is -2.36. The van der Waals surface area contributed by atoms with E-state index in [-0.39, 0.29) is 5.69 Å². The molecule has 0 saturated carbocycles. The van der Waals surface area contributed by atoms with Gasteiger partial charge in [0.2, 0.25) is 0 Å². The van der Waals surface area contributed by atoms with Crippen LogP contribution in [0.5, 0.6) is 0 Å². The van der Waals surface area contributed by atoms with E-state index in [2.05, 4.69) is 23.2 Å². The van der Waals surface area contributed by atoms with Crippen LogP contribution >= 0.6 is 0 Å². The maximum atomic E-state index is 10.9. The standard InChI is InChI=1S/C15H16N2O2/c1-10-6-11(2)8-13(7-10)17(3)12-4-5-16-14(9-12)15(18)19/h4-9H,1-3H3,(H,18,19). The van der Waals surface area contributed by atoms with E-state index in [1.807, 2.05) is 25.8 Å². The number of anilines is 2. The van der Waals surface area contributed by atoms with Crippen LogP contribution < -0.4 is 4.90 Å². The number of carboxylic acid groups (broad SMARTS) is 1. The highest BCUT2D eigenvalue weighted by Crippen LogP contribution is 2.25. The Labute approximate surface area is 112 Å². The first-order valence-electron chi connectivity index (χ1n) is 5.99. The van der Waals surface area contributed by atoms with Gasteiger partial charge in [0.05, 0.1) is 0 Å². The van der Waals surface area contributed by atoms with Gasteiger partial charge in [0.25, 0.3) is 0 Å². The summed E-state index contributed by atoms with van der Waals surface area (Å²) in [5.74, 6) is -1.02. The van der Waals surface area contributed by atoms with Gasteiger partial charge >= 0.3 is 5.97 Å². The van der Waals surface area contributed by atoms with Gasteiger partial charge in [-0.15, -0.1) is 0 Å². The predicted molar refractivity (Wildman–Crippen MR) is 75.2 cm³/mol. The van der Waals surface area contributed by atoms with Crippen LogP contribution in [0.25, 0.3) is 0 Å². The lowest BCUT2D eigenvalue weighted by molar-refractivity contribution is 0.0690. The number of aromatic carboxylic acids is 1. The molecule has 2 rings (SSSR count). The van der Waals surface area contributed by atoms with Crippen LogP contribution in [0.2, 0.25) is 0 Å². The van der Waals surface area contributed by atoms with Crippen molar-refractivity contribution in [1.82, 2.24) is 4.98 Å². The van der Waals surface area contributed by atoms with Gasteiger partial charge in [-0.2, -0.15) is 0 Å². The summed E-state index contributed by atoms with van der Waals surface area (Å²) in [6.07, 6.45) is 1.51. The van der Waals surface area contributed by atoms with Crippen molar-refractivity contribution in [3.63, 3.8) is 0 Å². The molecule has 0 aliphatic heterocycles. The molecule has 1 heterocycles. The second kappa shape index (κ2) is 5.10. The average molecular weight is 256 g/mol. The van der Waals surface area contributed by atoms with E-state index in [9.17, 15) is 4.79 Å². The average Bonchev–Trinajstić information content (AvgIpc) is 2.37. The van der Waals surface area contributed by atoms with E-state index < -0.39 is 5.97 Å². The third-order valence-electron chi connectivity index (χ3n) is 2.94. The van der Waals surface area contributed by atoms with Gasteiger partial charge in [-0.1, -0.05) is 6.07 Å². The Morgan fingerprint density at radius 2 is 1.74 bits per heavy atom. The number of aryl methyl sites for hydroxylation is 2. The summed E-state index contributed by atoms with van der Waals surface area (Å²) in [4.78, 5) is 16.7. The number of hydrogen-bond donors (Lipinski definition) is 1. The van der Waals surface area contributed by atoms with Crippen molar-refractivity contribution in [3.05, 3.63) is 53.3 Å². The number of nitrogens with zero attached hydrogens (tertiary/aromatic N) is 2. The van der Waals surface area contributed by atoms with Gasteiger partial charge in [0.15, 0.2) is 0 Å². The molecule has 0 atom stereocenters. The minimum atomic E-state index is -1.02. The number of benzene rings is 1. The molecule has 98 valence electrons. The van der Waals surface area contributed by atoms with Crippen LogP contribution in [-0.4, -0.2) is 23.1 Å². The van der Waals surface area contributed by atoms with E-state index in [4.69, 9.17) is 5.11 Å². The van der Waals surface area contributed by atoms with Crippen molar-refractivity contribution in [3.8, 4) is 0 Å². The molecule has 1 N–H and O–H groups in total. The fourth-order valence-corrected chi connectivity index (χ4v) is 2.04. The molecule has 0 fully saturated rings. The van der Waals surface area contributed by atoms with E-state index >= 15 is 0 Å². The Kier molecular flexibility index (Phi) is 3.51. The topological polar surface area (TPSA) is 53.4 Å².